The van der Waals surface area contributed by atoms with E-state index in [1.165, 1.54) is 4.31 Å². The van der Waals surface area contributed by atoms with Crippen molar-refractivity contribution in [1.82, 2.24) is 0 Å². The highest BCUT2D eigenvalue weighted by Gasteiger charge is 2.36. The molecule has 144 valence electrons. The van der Waals surface area contributed by atoms with Crippen LogP contribution in [0, 0.1) is 20.8 Å². The SMILES string of the molecule is CCS(=O)(=O)N1C[C@@H](C(=O)Nc2c(C)cc(C)cc2C)Oc2ccccc21. The lowest BCUT2D eigenvalue weighted by molar-refractivity contribution is -0.122. The molecular weight excluding hydrogens is 364 g/mol. The van der Waals surface area contributed by atoms with Gasteiger partial charge >= 0.3 is 0 Å². The predicted molar refractivity (Wildman–Crippen MR) is 107 cm³/mol. The minimum absolute atomic E-state index is 0.0498. The van der Waals surface area contributed by atoms with Gasteiger partial charge in [-0.15, -0.1) is 0 Å². The molecule has 0 unspecified atom stereocenters. The first-order chi connectivity index (χ1) is 12.7. The quantitative estimate of drug-likeness (QED) is 0.873. The van der Waals surface area contributed by atoms with E-state index < -0.39 is 16.1 Å². The second kappa shape index (κ2) is 7.23. The fraction of sp³-hybridized carbons (Fsp3) is 0.350. The number of sulfonamides is 1. The van der Waals surface area contributed by atoms with Crippen molar-refractivity contribution in [3.8, 4) is 5.75 Å². The number of aryl methyl sites for hydroxylation is 3. The maximum atomic E-state index is 12.9. The standard InChI is InChI=1S/C20H24N2O4S/c1-5-27(24,25)22-12-18(26-17-9-7-6-8-16(17)22)20(23)21-19-14(3)10-13(2)11-15(19)4/h6-11,18H,5,12H2,1-4H3,(H,21,23)/t18-/m0/s1. The van der Waals surface area contributed by atoms with Crippen molar-refractivity contribution < 1.29 is 17.9 Å². The number of nitrogens with zero attached hydrogens (tertiary/aromatic N) is 1. The van der Waals surface area contributed by atoms with Gasteiger partial charge in [0.15, 0.2) is 6.10 Å². The van der Waals surface area contributed by atoms with E-state index in [4.69, 9.17) is 4.74 Å². The molecule has 0 fully saturated rings. The molecule has 27 heavy (non-hydrogen) atoms. The van der Waals surface area contributed by atoms with Crippen LogP contribution < -0.4 is 14.4 Å². The highest BCUT2D eigenvalue weighted by molar-refractivity contribution is 7.92. The van der Waals surface area contributed by atoms with Crippen molar-refractivity contribution >= 4 is 27.3 Å². The van der Waals surface area contributed by atoms with Gasteiger partial charge in [0.05, 0.1) is 18.0 Å². The minimum Gasteiger partial charge on any atom is -0.476 e. The summed E-state index contributed by atoms with van der Waals surface area (Å²) in [4.78, 5) is 12.9. The van der Waals surface area contributed by atoms with Crippen LogP contribution in [0.3, 0.4) is 0 Å². The van der Waals surface area contributed by atoms with E-state index in [2.05, 4.69) is 5.32 Å². The number of fused-ring (bicyclic) bond motifs is 1. The largest absolute Gasteiger partial charge is 0.476 e. The number of ether oxygens (including phenoxy) is 1. The summed E-state index contributed by atoms with van der Waals surface area (Å²) >= 11 is 0. The van der Waals surface area contributed by atoms with Crippen LogP contribution in [-0.2, 0) is 14.8 Å². The van der Waals surface area contributed by atoms with Crippen molar-refractivity contribution in [3.05, 3.63) is 53.1 Å². The van der Waals surface area contributed by atoms with Crippen molar-refractivity contribution in [3.63, 3.8) is 0 Å². The third-order valence-electron chi connectivity index (χ3n) is 4.65. The zero-order valence-electron chi connectivity index (χ0n) is 15.9. The lowest BCUT2D eigenvalue weighted by Gasteiger charge is -2.34. The van der Waals surface area contributed by atoms with Crippen LogP contribution in [0.1, 0.15) is 23.6 Å². The molecule has 2 aromatic carbocycles. The maximum Gasteiger partial charge on any atom is 0.267 e. The Balaban J connectivity index is 1.91. The topological polar surface area (TPSA) is 75.7 Å². The molecule has 0 saturated heterocycles. The number of para-hydroxylation sites is 2. The number of anilines is 2. The van der Waals surface area contributed by atoms with Gasteiger partial charge in [-0.1, -0.05) is 29.8 Å². The third-order valence-corrected chi connectivity index (χ3v) is 6.40. The Morgan fingerprint density at radius 2 is 1.81 bits per heavy atom. The number of rotatable bonds is 4. The zero-order chi connectivity index (χ0) is 19.8. The monoisotopic (exact) mass is 388 g/mol. The third kappa shape index (κ3) is 3.78. The highest BCUT2D eigenvalue weighted by atomic mass is 32.2. The summed E-state index contributed by atoms with van der Waals surface area (Å²) in [7, 11) is -3.52. The summed E-state index contributed by atoms with van der Waals surface area (Å²) < 4.78 is 32.1. The van der Waals surface area contributed by atoms with Gasteiger partial charge in [0, 0.05) is 5.69 Å². The lowest BCUT2D eigenvalue weighted by atomic mass is 10.0. The summed E-state index contributed by atoms with van der Waals surface area (Å²) in [6.07, 6.45) is -0.929. The number of hydrogen-bond acceptors (Lipinski definition) is 4. The molecule has 7 heteroatoms. The number of nitrogens with one attached hydrogen (secondary N) is 1. The van der Waals surface area contributed by atoms with Gasteiger partial charge in [0.1, 0.15) is 5.75 Å². The Morgan fingerprint density at radius 3 is 2.44 bits per heavy atom. The van der Waals surface area contributed by atoms with Gasteiger partial charge in [-0.05, 0) is 51.0 Å². The smallest absolute Gasteiger partial charge is 0.267 e. The molecule has 1 heterocycles. The van der Waals surface area contributed by atoms with Crippen molar-refractivity contribution in [2.45, 2.75) is 33.8 Å². The predicted octanol–water partition coefficient (Wildman–Crippen LogP) is 3.17. The average Bonchev–Trinajstić information content (AvgIpc) is 2.63. The van der Waals surface area contributed by atoms with E-state index in [1.54, 1.807) is 31.2 Å². The summed E-state index contributed by atoms with van der Waals surface area (Å²) in [6.45, 7) is 7.39. The molecule has 1 amide bonds. The van der Waals surface area contributed by atoms with Gasteiger partial charge in [0.2, 0.25) is 10.0 Å². The van der Waals surface area contributed by atoms with Gasteiger partial charge in [-0.25, -0.2) is 8.42 Å². The Morgan fingerprint density at radius 1 is 1.19 bits per heavy atom. The van der Waals surface area contributed by atoms with Gasteiger partial charge in [-0.3, -0.25) is 9.10 Å². The molecule has 1 atom stereocenters. The molecule has 0 spiro atoms. The molecule has 1 aliphatic rings. The molecule has 0 bridgehead atoms. The second-order valence-electron chi connectivity index (χ2n) is 6.77. The molecule has 2 aromatic rings. The van der Waals surface area contributed by atoms with E-state index in [9.17, 15) is 13.2 Å². The van der Waals surface area contributed by atoms with Crippen LogP contribution in [0.25, 0.3) is 0 Å². The Labute approximate surface area is 160 Å². The Bertz CT molecular complexity index is 962. The molecular formula is C20H24N2O4S. The summed E-state index contributed by atoms with van der Waals surface area (Å²) in [5.41, 5.74) is 4.22. The molecule has 0 saturated carbocycles. The first-order valence-electron chi connectivity index (χ1n) is 8.87. The summed E-state index contributed by atoms with van der Waals surface area (Å²) in [5, 5.41) is 2.91. The number of carbonyl (C=O) groups is 1. The van der Waals surface area contributed by atoms with Crippen LogP contribution in [0.4, 0.5) is 11.4 Å². The molecule has 0 aromatic heterocycles. The van der Waals surface area contributed by atoms with Crippen molar-refractivity contribution in [1.29, 1.82) is 0 Å². The van der Waals surface area contributed by atoms with Gasteiger partial charge < -0.3 is 10.1 Å². The zero-order valence-corrected chi connectivity index (χ0v) is 16.8. The van der Waals surface area contributed by atoms with Crippen LogP contribution in [0.5, 0.6) is 5.75 Å². The number of benzene rings is 2. The Kier molecular flexibility index (Phi) is 5.15. The van der Waals surface area contributed by atoms with Crippen molar-refractivity contribution in [2.75, 3.05) is 21.9 Å². The average molecular weight is 388 g/mol. The van der Waals surface area contributed by atoms with Crippen LogP contribution in [0.2, 0.25) is 0 Å². The lowest BCUT2D eigenvalue weighted by Crippen LogP contribution is -2.49. The van der Waals surface area contributed by atoms with E-state index in [0.29, 0.717) is 11.4 Å². The molecule has 6 nitrogen and oxygen atoms in total. The Hall–Kier alpha value is -2.54. The number of hydrogen-bond donors (Lipinski definition) is 1. The van der Waals surface area contributed by atoms with Crippen molar-refractivity contribution in [2.24, 2.45) is 0 Å². The first-order valence-corrected chi connectivity index (χ1v) is 10.5. The number of carbonyl (C=O) groups excluding carboxylic acids is 1. The normalized spacial score (nSPS) is 16.4. The summed E-state index contributed by atoms with van der Waals surface area (Å²) in [6, 6.07) is 10.9. The second-order valence-corrected chi connectivity index (χ2v) is 8.95. The fourth-order valence-electron chi connectivity index (χ4n) is 3.34. The fourth-order valence-corrected chi connectivity index (χ4v) is 4.46. The molecule has 0 aliphatic carbocycles. The first kappa shape index (κ1) is 19.2. The minimum atomic E-state index is -3.52. The highest BCUT2D eigenvalue weighted by Crippen LogP contribution is 2.35. The molecule has 0 radical (unpaired) electrons. The van der Waals surface area contributed by atoms with E-state index in [1.807, 2.05) is 32.9 Å². The van der Waals surface area contributed by atoms with Crippen LogP contribution in [-0.4, -0.2) is 32.7 Å². The molecule has 3 rings (SSSR count). The number of amides is 1. The van der Waals surface area contributed by atoms with E-state index in [0.717, 1.165) is 22.4 Å². The molecule has 1 aliphatic heterocycles. The van der Waals surface area contributed by atoms with E-state index in [-0.39, 0.29) is 18.2 Å². The van der Waals surface area contributed by atoms with E-state index >= 15 is 0 Å². The van der Waals surface area contributed by atoms with Gasteiger partial charge in [0.25, 0.3) is 5.91 Å². The molecule has 1 N–H and O–H groups in total. The van der Waals surface area contributed by atoms with Gasteiger partial charge in [-0.2, -0.15) is 0 Å². The summed E-state index contributed by atoms with van der Waals surface area (Å²) in [5.74, 6) is -0.0274. The maximum absolute atomic E-state index is 12.9. The van der Waals surface area contributed by atoms with Crippen LogP contribution >= 0.6 is 0 Å². The van der Waals surface area contributed by atoms with Crippen LogP contribution in [0.15, 0.2) is 36.4 Å².